The molecule has 1 aromatic rings. The van der Waals surface area contributed by atoms with Crippen LogP contribution in [0.2, 0.25) is 0 Å². The number of esters is 1. The Bertz CT molecular complexity index is 395. The molecule has 0 aliphatic carbocycles. The fourth-order valence-corrected chi connectivity index (χ4v) is 1.50. The number of aromatic nitrogens is 1. The van der Waals surface area contributed by atoms with Gasteiger partial charge in [0.25, 0.3) is 0 Å². The van der Waals surface area contributed by atoms with Crippen LogP contribution < -0.4 is 0 Å². The van der Waals surface area contributed by atoms with E-state index in [1.807, 2.05) is 0 Å². The summed E-state index contributed by atoms with van der Waals surface area (Å²) in [5.41, 5.74) is 1.82. The van der Waals surface area contributed by atoms with Crippen LogP contribution in [0.4, 0.5) is 4.79 Å². The van der Waals surface area contributed by atoms with Crippen LogP contribution >= 0.6 is 0 Å². The van der Waals surface area contributed by atoms with Crippen LogP contribution in [0.15, 0.2) is 6.20 Å². The monoisotopic (exact) mass is 239 g/mol. The molecule has 0 saturated heterocycles. The number of carbonyl (C=O) groups excluding carboxylic acids is 2. The zero-order valence-corrected chi connectivity index (χ0v) is 10.6. The topological polar surface area (TPSA) is 57.5 Å². The van der Waals surface area contributed by atoms with Crippen molar-refractivity contribution in [2.45, 2.75) is 27.7 Å². The third-order valence-electron chi connectivity index (χ3n) is 2.53. The van der Waals surface area contributed by atoms with Crippen LogP contribution in [-0.2, 0) is 9.47 Å². The molecule has 5 nitrogen and oxygen atoms in total. The predicted molar refractivity (Wildman–Crippen MR) is 62.3 cm³/mol. The molecule has 0 bridgehead atoms. The minimum atomic E-state index is -0.483. The van der Waals surface area contributed by atoms with Crippen LogP contribution in [0.1, 0.15) is 35.5 Å². The molecule has 1 rings (SSSR count). The highest BCUT2D eigenvalue weighted by Gasteiger charge is 2.19. The fourth-order valence-electron chi connectivity index (χ4n) is 1.50. The molecule has 0 spiro atoms. The van der Waals surface area contributed by atoms with Crippen molar-refractivity contribution in [1.29, 1.82) is 0 Å². The zero-order valence-electron chi connectivity index (χ0n) is 10.6. The Morgan fingerprint density at radius 1 is 1.18 bits per heavy atom. The van der Waals surface area contributed by atoms with Crippen molar-refractivity contribution < 1.29 is 19.1 Å². The summed E-state index contributed by atoms with van der Waals surface area (Å²) in [5, 5.41) is 0. The van der Waals surface area contributed by atoms with E-state index >= 15 is 0 Å². The van der Waals surface area contributed by atoms with Crippen LogP contribution in [-0.4, -0.2) is 29.8 Å². The van der Waals surface area contributed by atoms with Crippen LogP contribution in [0.25, 0.3) is 0 Å². The largest absolute Gasteiger partial charge is 0.462 e. The van der Waals surface area contributed by atoms with E-state index in [9.17, 15) is 9.59 Å². The van der Waals surface area contributed by atoms with Crippen molar-refractivity contribution in [1.82, 2.24) is 4.57 Å². The summed E-state index contributed by atoms with van der Waals surface area (Å²) in [5.74, 6) is -0.420. The molecule has 0 N–H and O–H groups in total. The first-order valence-electron chi connectivity index (χ1n) is 5.55. The van der Waals surface area contributed by atoms with Gasteiger partial charge in [0.1, 0.15) is 0 Å². The van der Waals surface area contributed by atoms with E-state index in [4.69, 9.17) is 9.47 Å². The van der Waals surface area contributed by atoms with Gasteiger partial charge in [-0.1, -0.05) is 0 Å². The van der Waals surface area contributed by atoms with Gasteiger partial charge < -0.3 is 9.47 Å². The molecule has 0 radical (unpaired) electrons. The maximum atomic E-state index is 11.6. The third-order valence-corrected chi connectivity index (χ3v) is 2.53. The summed E-state index contributed by atoms with van der Waals surface area (Å²) in [6, 6.07) is 0. The predicted octanol–water partition coefficient (Wildman–Crippen LogP) is 2.29. The highest BCUT2D eigenvalue weighted by Crippen LogP contribution is 2.17. The molecular weight excluding hydrogens is 222 g/mol. The lowest BCUT2D eigenvalue weighted by Crippen LogP contribution is -2.14. The summed E-state index contributed by atoms with van der Waals surface area (Å²) in [7, 11) is 0. The van der Waals surface area contributed by atoms with Gasteiger partial charge >= 0.3 is 12.1 Å². The molecule has 0 atom stereocenters. The lowest BCUT2D eigenvalue weighted by Gasteiger charge is -2.04. The molecule has 0 fully saturated rings. The summed E-state index contributed by atoms with van der Waals surface area (Å²) in [6.45, 7) is 7.61. The summed E-state index contributed by atoms with van der Waals surface area (Å²) >= 11 is 0. The summed E-state index contributed by atoms with van der Waals surface area (Å²) in [4.78, 5) is 23.2. The van der Waals surface area contributed by atoms with E-state index in [1.54, 1.807) is 27.7 Å². The lowest BCUT2D eigenvalue weighted by atomic mass is 10.2. The van der Waals surface area contributed by atoms with Gasteiger partial charge in [0.2, 0.25) is 0 Å². The Morgan fingerprint density at radius 3 is 2.29 bits per heavy atom. The summed E-state index contributed by atoms with van der Waals surface area (Å²) in [6.07, 6.45) is 0.976. The van der Waals surface area contributed by atoms with Crippen molar-refractivity contribution in [2.75, 3.05) is 13.2 Å². The molecule has 0 aliphatic rings. The lowest BCUT2D eigenvalue weighted by molar-refractivity contribution is 0.0525. The SMILES string of the molecule is CCOC(=O)c1cn(C(=O)OCC)c(C)c1C. The Hall–Kier alpha value is -1.78. The molecule has 1 aromatic heterocycles. The van der Waals surface area contributed by atoms with Crippen molar-refractivity contribution >= 4 is 12.1 Å². The maximum absolute atomic E-state index is 11.6. The first-order valence-corrected chi connectivity index (χ1v) is 5.55. The van der Waals surface area contributed by atoms with Crippen LogP contribution in [0.5, 0.6) is 0 Å². The van der Waals surface area contributed by atoms with Crippen molar-refractivity contribution in [3.05, 3.63) is 23.0 Å². The average Bonchev–Trinajstić information content (AvgIpc) is 2.57. The Morgan fingerprint density at radius 2 is 1.76 bits per heavy atom. The number of carbonyl (C=O) groups is 2. The fraction of sp³-hybridized carbons (Fsp3) is 0.500. The van der Waals surface area contributed by atoms with Crippen molar-refractivity contribution in [3.8, 4) is 0 Å². The third kappa shape index (κ3) is 2.67. The normalized spacial score (nSPS) is 10.1. The smallest absolute Gasteiger partial charge is 0.418 e. The molecule has 0 aromatic carbocycles. The number of nitrogens with zero attached hydrogens (tertiary/aromatic N) is 1. The second-order valence-corrected chi connectivity index (χ2v) is 3.54. The van der Waals surface area contributed by atoms with E-state index in [0.29, 0.717) is 24.5 Å². The van der Waals surface area contributed by atoms with Crippen LogP contribution in [0.3, 0.4) is 0 Å². The standard InChI is InChI=1S/C12H17NO4/c1-5-16-11(14)10-7-13(9(4)8(10)3)12(15)17-6-2/h7H,5-6H2,1-4H3. The van der Waals surface area contributed by atoms with E-state index in [1.165, 1.54) is 10.8 Å². The zero-order chi connectivity index (χ0) is 13.0. The first-order chi connectivity index (χ1) is 8.02. The molecule has 0 aliphatic heterocycles. The molecule has 0 amide bonds. The number of rotatable bonds is 3. The second kappa shape index (κ2) is 5.52. The maximum Gasteiger partial charge on any atom is 0.418 e. The Labute approximate surface area is 100 Å². The number of hydrogen-bond donors (Lipinski definition) is 0. The van der Waals surface area contributed by atoms with Gasteiger partial charge in [-0.05, 0) is 33.3 Å². The highest BCUT2D eigenvalue weighted by molar-refractivity contribution is 5.92. The molecule has 0 unspecified atom stereocenters. The quantitative estimate of drug-likeness (QED) is 0.759. The van der Waals surface area contributed by atoms with Gasteiger partial charge in [0, 0.05) is 11.9 Å². The second-order valence-electron chi connectivity index (χ2n) is 3.54. The number of hydrogen-bond acceptors (Lipinski definition) is 4. The van der Waals surface area contributed by atoms with Gasteiger partial charge in [-0.25, -0.2) is 9.59 Å². The van der Waals surface area contributed by atoms with Gasteiger partial charge in [-0.15, -0.1) is 0 Å². The van der Waals surface area contributed by atoms with E-state index in [-0.39, 0.29) is 0 Å². The molecule has 1 heterocycles. The highest BCUT2D eigenvalue weighted by atomic mass is 16.5. The Balaban J connectivity index is 3.07. The van der Waals surface area contributed by atoms with E-state index in [0.717, 1.165) is 5.56 Å². The molecule has 0 saturated carbocycles. The molecule has 94 valence electrons. The first kappa shape index (κ1) is 13.3. The van der Waals surface area contributed by atoms with Crippen molar-refractivity contribution in [3.63, 3.8) is 0 Å². The minimum absolute atomic E-state index is 0.296. The Kier molecular flexibility index (Phi) is 4.31. The van der Waals surface area contributed by atoms with Gasteiger partial charge in [0.05, 0.1) is 18.8 Å². The van der Waals surface area contributed by atoms with E-state index in [2.05, 4.69) is 0 Å². The van der Waals surface area contributed by atoms with E-state index < -0.39 is 12.1 Å². The molecule has 17 heavy (non-hydrogen) atoms. The van der Waals surface area contributed by atoms with Gasteiger partial charge in [-0.3, -0.25) is 4.57 Å². The van der Waals surface area contributed by atoms with Gasteiger partial charge in [-0.2, -0.15) is 0 Å². The van der Waals surface area contributed by atoms with Gasteiger partial charge in [0.15, 0.2) is 0 Å². The minimum Gasteiger partial charge on any atom is -0.462 e. The summed E-state index contributed by atoms with van der Waals surface area (Å²) < 4.78 is 11.1. The molecule has 5 heteroatoms. The number of ether oxygens (including phenoxy) is 2. The van der Waals surface area contributed by atoms with Crippen LogP contribution in [0, 0.1) is 13.8 Å². The average molecular weight is 239 g/mol. The van der Waals surface area contributed by atoms with Crippen molar-refractivity contribution in [2.24, 2.45) is 0 Å². The molecular formula is C12H17NO4.